The van der Waals surface area contributed by atoms with Gasteiger partial charge in [0.15, 0.2) is 22.4 Å². The van der Waals surface area contributed by atoms with Crippen molar-refractivity contribution in [3.8, 4) is 17.2 Å². The predicted octanol–water partition coefficient (Wildman–Crippen LogP) is 5.66. The van der Waals surface area contributed by atoms with E-state index in [4.69, 9.17) is 9.47 Å². The van der Waals surface area contributed by atoms with Gasteiger partial charge in [-0.05, 0) is 63.6 Å². The van der Waals surface area contributed by atoms with Gasteiger partial charge in [0.05, 0.1) is 50.6 Å². The van der Waals surface area contributed by atoms with Gasteiger partial charge in [-0.1, -0.05) is 17.4 Å². The molecule has 196 valence electrons. The molecular formula is C27H25N3O6S2. The van der Waals surface area contributed by atoms with Gasteiger partial charge in [0.2, 0.25) is 5.78 Å². The summed E-state index contributed by atoms with van der Waals surface area (Å²) in [6.45, 7) is 7.99. The molecule has 1 atom stereocenters. The smallest absolute Gasteiger partial charge is 0.296 e. The van der Waals surface area contributed by atoms with E-state index in [1.165, 1.54) is 33.6 Å². The average Bonchev–Trinajstić information content (AvgIpc) is 3.53. The highest BCUT2D eigenvalue weighted by molar-refractivity contribution is 7.22. The monoisotopic (exact) mass is 551 g/mol. The molecule has 0 spiro atoms. The Morgan fingerprint density at radius 1 is 1.03 bits per heavy atom. The fourth-order valence-corrected chi connectivity index (χ4v) is 6.33. The number of aryl methyl sites for hydroxylation is 2. The Balaban J connectivity index is 1.68. The van der Waals surface area contributed by atoms with Crippen molar-refractivity contribution in [3.63, 3.8) is 0 Å². The van der Waals surface area contributed by atoms with E-state index in [-0.39, 0.29) is 17.1 Å². The molecule has 0 saturated heterocycles. The Kier molecular flexibility index (Phi) is 6.80. The molecule has 4 aromatic rings. The lowest BCUT2D eigenvalue weighted by Crippen LogP contribution is -2.31. The largest absolute Gasteiger partial charge is 0.504 e. The molecule has 0 bridgehead atoms. The van der Waals surface area contributed by atoms with Crippen molar-refractivity contribution in [2.24, 2.45) is 0 Å². The number of anilines is 1. The number of phenols is 1. The molecule has 1 aliphatic heterocycles. The summed E-state index contributed by atoms with van der Waals surface area (Å²) in [6.07, 6.45) is 0. The van der Waals surface area contributed by atoms with Gasteiger partial charge >= 0.3 is 0 Å². The quantitative estimate of drug-likeness (QED) is 0.269. The van der Waals surface area contributed by atoms with E-state index in [2.05, 4.69) is 9.97 Å². The number of aromatic hydroxyl groups is 1. The number of aliphatic hydroxyl groups excluding tert-OH is 1. The number of thiazole rings is 2. The Morgan fingerprint density at radius 2 is 1.79 bits per heavy atom. The molecule has 2 N–H and O–H groups in total. The highest BCUT2D eigenvalue weighted by atomic mass is 32.1. The number of nitrogens with zero attached hydrogens (tertiary/aromatic N) is 3. The van der Waals surface area contributed by atoms with Crippen LogP contribution in [0.25, 0.3) is 10.2 Å². The molecule has 0 aliphatic carbocycles. The van der Waals surface area contributed by atoms with Crippen LogP contribution in [0.1, 0.15) is 45.8 Å². The minimum atomic E-state index is -1.01. The van der Waals surface area contributed by atoms with E-state index in [0.717, 1.165) is 4.70 Å². The number of ketones is 1. The zero-order chi connectivity index (χ0) is 27.1. The van der Waals surface area contributed by atoms with E-state index in [9.17, 15) is 19.8 Å². The SMILES string of the molecule is CCOc1ccc2nc(N3C(=O)C(O)=C(C(=O)c4sc(C)nc4C)C3c3ccc(O)c(OCC)c3)sc2c1. The van der Waals surface area contributed by atoms with Crippen LogP contribution in [0.2, 0.25) is 0 Å². The molecule has 1 amide bonds. The van der Waals surface area contributed by atoms with Crippen LogP contribution >= 0.6 is 22.7 Å². The van der Waals surface area contributed by atoms with Crippen molar-refractivity contribution >= 4 is 49.7 Å². The van der Waals surface area contributed by atoms with Crippen molar-refractivity contribution in [1.82, 2.24) is 9.97 Å². The van der Waals surface area contributed by atoms with Gasteiger partial charge < -0.3 is 19.7 Å². The van der Waals surface area contributed by atoms with Gasteiger partial charge in [0.1, 0.15) is 5.75 Å². The van der Waals surface area contributed by atoms with Crippen molar-refractivity contribution < 1.29 is 29.3 Å². The zero-order valence-electron chi connectivity index (χ0n) is 21.1. The van der Waals surface area contributed by atoms with Crippen LogP contribution in [0.15, 0.2) is 47.7 Å². The number of amides is 1. The lowest BCUT2D eigenvalue weighted by Gasteiger charge is -2.25. The van der Waals surface area contributed by atoms with Crippen molar-refractivity contribution in [1.29, 1.82) is 0 Å². The van der Waals surface area contributed by atoms with Gasteiger partial charge in [0.25, 0.3) is 5.91 Å². The molecule has 9 nitrogen and oxygen atoms in total. The van der Waals surface area contributed by atoms with E-state index in [1.54, 1.807) is 45.0 Å². The number of rotatable bonds is 8. The highest BCUT2D eigenvalue weighted by Crippen LogP contribution is 2.46. The van der Waals surface area contributed by atoms with E-state index in [0.29, 0.717) is 50.8 Å². The molecular weight excluding hydrogens is 526 g/mol. The summed E-state index contributed by atoms with van der Waals surface area (Å²) in [4.78, 5) is 38.0. The van der Waals surface area contributed by atoms with Crippen LogP contribution in [-0.2, 0) is 4.79 Å². The van der Waals surface area contributed by atoms with Crippen molar-refractivity contribution in [2.75, 3.05) is 18.1 Å². The summed E-state index contributed by atoms with van der Waals surface area (Å²) in [6, 6.07) is 9.03. The number of Topliss-reactive ketones (excluding diaryl/α,β-unsaturated/α-hetero) is 1. The van der Waals surface area contributed by atoms with E-state index >= 15 is 0 Å². The summed E-state index contributed by atoms with van der Waals surface area (Å²) in [5, 5.41) is 22.4. The number of benzene rings is 2. The number of fused-ring (bicyclic) bond motifs is 1. The van der Waals surface area contributed by atoms with Crippen LogP contribution in [0, 0.1) is 13.8 Å². The molecule has 0 radical (unpaired) electrons. The third kappa shape index (κ3) is 4.37. The van der Waals surface area contributed by atoms with E-state index < -0.39 is 23.5 Å². The maximum atomic E-state index is 13.8. The number of hydrogen-bond donors (Lipinski definition) is 2. The van der Waals surface area contributed by atoms with Crippen LogP contribution in [0.3, 0.4) is 0 Å². The number of aliphatic hydroxyl groups is 1. The van der Waals surface area contributed by atoms with Gasteiger partial charge in [-0.2, -0.15) is 0 Å². The first kappa shape index (κ1) is 25.7. The van der Waals surface area contributed by atoms with E-state index in [1.807, 2.05) is 13.0 Å². The first-order chi connectivity index (χ1) is 18.2. The first-order valence-corrected chi connectivity index (χ1v) is 13.6. The Hall–Kier alpha value is -3.96. The lowest BCUT2D eigenvalue weighted by molar-refractivity contribution is -0.117. The minimum Gasteiger partial charge on any atom is -0.504 e. The van der Waals surface area contributed by atoms with Gasteiger partial charge in [-0.25, -0.2) is 9.97 Å². The normalized spacial score (nSPS) is 15.5. The van der Waals surface area contributed by atoms with Gasteiger partial charge in [-0.3, -0.25) is 14.5 Å². The molecule has 1 aliphatic rings. The third-order valence-electron chi connectivity index (χ3n) is 6.03. The molecule has 5 rings (SSSR count). The number of hydrogen-bond acceptors (Lipinski definition) is 10. The summed E-state index contributed by atoms with van der Waals surface area (Å²) < 4.78 is 11.9. The van der Waals surface area contributed by atoms with Crippen LogP contribution in [0.5, 0.6) is 17.2 Å². The Bertz CT molecular complexity index is 1610. The van der Waals surface area contributed by atoms with Gasteiger partial charge in [-0.15, -0.1) is 11.3 Å². The molecule has 2 aromatic carbocycles. The average molecular weight is 552 g/mol. The van der Waals surface area contributed by atoms with Crippen LogP contribution < -0.4 is 14.4 Å². The maximum absolute atomic E-state index is 13.8. The molecule has 3 heterocycles. The van der Waals surface area contributed by atoms with Crippen molar-refractivity contribution in [3.05, 3.63) is 68.9 Å². The summed E-state index contributed by atoms with van der Waals surface area (Å²) in [5.41, 5.74) is 1.56. The fourth-order valence-electron chi connectivity index (χ4n) is 4.44. The highest BCUT2D eigenvalue weighted by Gasteiger charge is 2.46. The fraction of sp³-hybridized carbons (Fsp3) is 0.259. The number of carbonyl (C=O) groups excluding carboxylic acids is 2. The molecule has 11 heteroatoms. The number of carbonyl (C=O) groups is 2. The van der Waals surface area contributed by atoms with Crippen molar-refractivity contribution in [2.45, 2.75) is 33.7 Å². The van der Waals surface area contributed by atoms with Crippen LogP contribution in [-0.4, -0.2) is 45.1 Å². The lowest BCUT2D eigenvalue weighted by atomic mass is 9.95. The molecule has 0 fully saturated rings. The first-order valence-electron chi connectivity index (χ1n) is 12.0. The summed E-state index contributed by atoms with van der Waals surface area (Å²) in [5.74, 6) is -1.08. The second-order valence-corrected chi connectivity index (χ2v) is 10.7. The number of phenolic OH excluding ortho intramolecular Hbond substituents is 1. The molecule has 38 heavy (non-hydrogen) atoms. The Morgan fingerprint density at radius 3 is 2.47 bits per heavy atom. The zero-order valence-corrected chi connectivity index (χ0v) is 22.8. The standard InChI is InChI=1S/C27H25N3O6S2/c1-5-35-16-8-9-17-20(12-16)38-27(29-17)30-22(15-7-10-18(31)19(11-15)36-6-2)21(24(33)26(30)34)23(32)25-13(3)28-14(4)37-25/h7-12,22,31,33H,5-6H2,1-4H3. The van der Waals surface area contributed by atoms with Crippen LogP contribution in [0.4, 0.5) is 5.13 Å². The number of aromatic nitrogens is 2. The third-order valence-corrected chi connectivity index (χ3v) is 8.12. The summed E-state index contributed by atoms with van der Waals surface area (Å²) >= 11 is 2.45. The summed E-state index contributed by atoms with van der Waals surface area (Å²) in [7, 11) is 0. The second kappa shape index (κ2) is 10.1. The second-order valence-electron chi connectivity index (χ2n) is 8.54. The van der Waals surface area contributed by atoms with Gasteiger partial charge in [0, 0.05) is 0 Å². The minimum absolute atomic E-state index is 0.0788. The molecule has 0 saturated carbocycles. The predicted molar refractivity (Wildman–Crippen MR) is 146 cm³/mol. The maximum Gasteiger partial charge on any atom is 0.296 e. The Labute approximate surface area is 226 Å². The molecule has 2 aromatic heterocycles. The number of ether oxygens (including phenoxy) is 2. The molecule has 1 unspecified atom stereocenters. The topological polar surface area (TPSA) is 122 Å².